The van der Waals surface area contributed by atoms with Gasteiger partial charge in [0.05, 0.1) is 6.61 Å². The number of esters is 1. The number of carbonyl (C=O) groups excluding carboxylic acids is 1. The van der Waals surface area contributed by atoms with Crippen LogP contribution in [0, 0.1) is 0 Å². The first-order chi connectivity index (χ1) is 20.7. The fraction of sp³-hybridized carbons (Fsp3) is 0.925. The molecule has 0 radical (unpaired) electrons. The smallest absolute Gasteiger partial charge is 0.333 e. The number of ether oxygens (including phenoxy) is 1. The third-order valence-corrected chi connectivity index (χ3v) is 9.06. The first kappa shape index (κ1) is 41.2. The minimum absolute atomic E-state index is 0.104. The lowest BCUT2D eigenvalue weighted by Gasteiger charge is -2.06. The summed E-state index contributed by atoms with van der Waals surface area (Å²) in [7, 11) is 0. The van der Waals surface area contributed by atoms with E-state index in [1.165, 1.54) is 199 Å². The molecule has 0 saturated carbocycles. The lowest BCUT2D eigenvalue weighted by molar-refractivity contribution is -0.139. The number of hydrogen-bond acceptors (Lipinski definition) is 2. The monoisotopic (exact) mass is 591 g/mol. The van der Waals surface area contributed by atoms with E-state index in [2.05, 4.69) is 19.9 Å². The highest BCUT2D eigenvalue weighted by molar-refractivity contribution is 5.87. The summed E-state index contributed by atoms with van der Waals surface area (Å²) in [5.74, 6) is -0.104. The molecule has 42 heavy (non-hydrogen) atoms. The van der Waals surface area contributed by atoms with E-state index in [0.29, 0.717) is 6.61 Å². The summed E-state index contributed by atoms with van der Waals surface area (Å²) in [6, 6.07) is 0. The van der Waals surface area contributed by atoms with Crippen LogP contribution < -0.4 is 0 Å². The van der Waals surface area contributed by atoms with Gasteiger partial charge in [0.15, 0.2) is 0 Å². The summed E-state index contributed by atoms with van der Waals surface area (Å²) in [5, 5.41) is 0. The maximum absolute atomic E-state index is 12.2. The van der Waals surface area contributed by atoms with Crippen LogP contribution >= 0.6 is 0 Å². The van der Waals surface area contributed by atoms with Gasteiger partial charge in [0.1, 0.15) is 0 Å². The quantitative estimate of drug-likeness (QED) is 0.0417. The van der Waals surface area contributed by atoms with Crippen molar-refractivity contribution in [2.24, 2.45) is 0 Å². The predicted octanol–water partition coefficient (Wildman–Crippen LogP) is 14.4. The van der Waals surface area contributed by atoms with Crippen LogP contribution in [0.1, 0.15) is 233 Å². The summed E-state index contributed by atoms with van der Waals surface area (Å²) in [4.78, 5) is 12.2. The molecule has 0 rings (SSSR count). The molecule has 0 saturated heterocycles. The molecule has 0 aliphatic rings. The molecule has 0 unspecified atom stereocenters. The SMILES string of the molecule is CCCCCCCCCCCCCCCC/C=C(\C)C(=O)OCCCCCCCCCCCCCCCCCCCC. The topological polar surface area (TPSA) is 26.3 Å². The summed E-state index contributed by atoms with van der Waals surface area (Å²) >= 11 is 0. The van der Waals surface area contributed by atoms with Gasteiger partial charge in [0.2, 0.25) is 0 Å². The Morgan fingerprint density at radius 1 is 0.405 bits per heavy atom. The van der Waals surface area contributed by atoms with Crippen LogP contribution in [0.5, 0.6) is 0 Å². The lowest BCUT2D eigenvalue weighted by atomic mass is 10.0. The normalized spacial score (nSPS) is 11.8. The Bertz CT molecular complexity index is 552. The number of hydrogen-bond donors (Lipinski definition) is 0. The molecule has 0 aliphatic carbocycles. The van der Waals surface area contributed by atoms with Crippen molar-refractivity contribution in [1.82, 2.24) is 0 Å². The minimum atomic E-state index is -0.104. The van der Waals surface area contributed by atoms with Crippen LogP contribution in [-0.2, 0) is 9.53 Å². The maximum Gasteiger partial charge on any atom is 0.333 e. The second-order valence-corrected chi connectivity index (χ2v) is 13.4. The van der Waals surface area contributed by atoms with Crippen LogP contribution in [0.2, 0.25) is 0 Å². The average molecular weight is 591 g/mol. The van der Waals surface area contributed by atoms with E-state index in [1.807, 2.05) is 6.92 Å². The van der Waals surface area contributed by atoms with E-state index in [1.54, 1.807) is 0 Å². The molecule has 0 aromatic carbocycles. The molecule has 0 N–H and O–H groups in total. The summed E-state index contributed by atoms with van der Waals surface area (Å²) < 4.78 is 5.50. The van der Waals surface area contributed by atoms with Crippen molar-refractivity contribution in [3.63, 3.8) is 0 Å². The standard InChI is InChI=1S/C40H78O2/c1-4-6-8-10-12-14-16-18-20-21-22-24-26-28-30-32-34-36-38-42-40(41)39(3)37-35-33-31-29-27-25-23-19-17-15-13-11-9-7-5-2/h37H,4-36,38H2,1-3H3/b39-37+. The first-order valence-corrected chi connectivity index (χ1v) is 19.6. The van der Waals surface area contributed by atoms with Crippen molar-refractivity contribution in [1.29, 1.82) is 0 Å². The molecule has 0 spiro atoms. The summed E-state index contributed by atoms with van der Waals surface area (Å²) in [6.45, 7) is 7.09. The van der Waals surface area contributed by atoms with Crippen molar-refractivity contribution in [2.75, 3.05) is 6.61 Å². The molecule has 2 heteroatoms. The number of carbonyl (C=O) groups is 1. The Hall–Kier alpha value is -0.790. The van der Waals surface area contributed by atoms with Gasteiger partial charge in [0, 0.05) is 5.57 Å². The van der Waals surface area contributed by atoms with Crippen molar-refractivity contribution < 1.29 is 9.53 Å². The van der Waals surface area contributed by atoms with Crippen LogP contribution in [0.3, 0.4) is 0 Å². The minimum Gasteiger partial charge on any atom is -0.462 e. The van der Waals surface area contributed by atoms with E-state index < -0.39 is 0 Å². The molecule has 0 bridgehead atoms. The zero-order valence-electron chi connectivity index (χ0n) is 29.4. The summed E-state index contributed by atoms with van der Waals surface area (Å²) in [5.41, 5.74) is 0.798. The highest BCUT2D eigenvalue weighted by Gasteiger charge is 2.05. The zero-order chi connectivity index (χ0) is 30.6. The fourth-order valence-electron chi connectivity index (χ4n) is 6.02. The Morgan fingerprint density at radius 2 is 0.667 bits per heavy atom. The van der Waals surface area contributed by atoms with E-state index in [0.717, 1.165) is 18.4 Å². The molecule has 250 valence electrons. The average Bonchev–Trinajstić information content (AvgIpc) is 3.00. The van der Waals surface area contributed by atoms with Crippen molar-refractivity contribution in [3.05, 3.63) is 11.6 Å². The van der Waals surface area contributed by atoms with Crippen LogP contribution in [0.4, 0.5) is 0 Å². The van der Waals surface area contributed by atoms with E-state index in [9.17, 15) is 4.79 Å². The van der Waals surface area contributed by atoms with Gasteiger partial charge in [0.25, 0.3) is 0 Å². The third kappa shape index (κ3) is 33.7. The Balaban J connectivity index is 3.32. The lowest BCUT2D eigenvalue weighted by Crippen LogP contribution is -2.07. The van der Waals surface area contributed by atoms with E-state index >= 15 is 0 Å². The number of rotatable bonds is 35. The molecule has 0 aromatic heterocycles. The van der Waals surface area contributed by atoms with Crippen molar-refractivity contribution in [3.8, 4) is 0 Å². The zero-order valence-corrected chi connectivity index (χ0v) is 29.4. The molecular formula is C40H78O2. The molecule has 0 aromatic rings. The molecule has 0 amide bonds. The number of unbranched alkanes of at least 4 members (excludes halogenated alkanes) is 31. The highest BCUT2D eigenvalue weighted by Crippen LogP contribution is 2.16. The summed E-state index contributed by atoms with van der Waals surface area (Å²) in [6.07, 6.45) is 47.3. The van der Waals surface area contributed by atoms with Crippen molar-refractivity contribution >= 4 is 5.97 Å². The second kappa shape index (κ2) is 36.4. The van der Waals surface area contributed by atoms with Gasteiger partial charge in [-0.25, -0.2) is 4.79 Å². The van der Waals surface area contributed by atoms with Gasteiger partial charge in [-0.15, -0.1) is 0 Å². The largest absolute Gasteiger partial charge is 0.462 e. The van der Waals surface area contributed by atoms with Crippen LogP contribution in [-0.4, -0.2) is 12.6 Å². The van der Waals surface area contributed by atoms with Gasteiger partial charge in [-0.1, -0.05) is 213 Å². The van der Waals surface area contributed by atoms with Gasteiger partial charge >= 0.3 is 5.97 Å². The Labute approximate surface area is 266 Å². The highest BCUT2D eigenvalue weighted by atomic mass is 16.5. The molecule has 2 nitrogen and oxygen atoms in total. The fourth-order valence-corrected chi connectivity index (χ4v) is 6.02. The van der Waals surface area contributed by atoms with Gasteiger partial charge < -0.3 is 4.74 Å². The molecule has 0 fully saturated rings. The molecular weight excluding hydrogens is 512 g/mol. The van der Waals surface area contributed by atoms with Gasteiger partial charge in [-0.3, -0.25) is 0 Å². The predicted molar refractivity (Wildman–Crippen MR) is 188 cm³/mol. The van der Waals surface area contributed by atoms with Crippen molar-refractivity contribution in [2.45, 2.75) is 233 Å². The van der Waals surface area contributed by atoms with E-state index in [4.69, 9.17) is 4.74 Å². The second-order valence-electron chi connectivity index (χ2n) is 13.4. The molecule has 0 heterocycles. The Kier molecular flexibility index (Phi) is 35.7. The Morgan fingerprint density at radius 3 is 0.976 bits per heavy atom. The maximum atomic E-state index is 12.2. The first-order valence-electron chi connectivity index (χ1n) is 19.6. The van der Waals surface area contributed by atoms with E-state index in [-0.39, 0.29) is 5.97 Å². The van der Waals surface area contributed by atoms with Crippen LogP contribution in [0.25, 0.3) is 0 Å². The molecule has 0 aliphatic heterocycles. The van der Waals surface area contributed by atoms with Gasteiger partial charge in [-0.2, -0.15) is 0 Å². The third-order valence-electron chi connectivity index (χ3n) is 9.06. The number of allylic oxidation sites excluding steroid dienone is 1. The van der Waals surface area contributed by atoms with Gasteiger partial charge in [-0.05, 0) is 26.2 Å². The van der Waals surface area contributed by atoms with Crippen LogP contribution in [0.15, 0.2) is 11.6 Å². The molecule has 0 atom stereocenters.